The van der Waals surface area contributed by atoms with Crippen LogP contribution in [-0.2, 0) is 9.53 Å². The summed E-state index contributed by atoms with van der Waals surface area (Å²) in [5.74, 6) is -0.332. The maximum absolute atomic E-state index is 12.5. The standard InChI is InChI=1S/C21H21ClN2O3/c1-15-5-6-16(13-19(15)22)7-8-20(25)23-18-4-2-3-17(14-18)21(26)24-9-11-27-12-10-24/h2-8,13-14H,9-12H2,1H3,(H,23,25)/b8-7+. The largest absolute Gasteiger partial charge is 0.378 e. The number of ether oxygens (including phenoxy) is 1. The molecule has 6 heteroatoms. The van der Waals surface area contributed by atoms with Crippen LogP contribution in [0.1, 0.15) is 21.5 Å². The van der Waals surface area contributed by atoms with Gasteiger partial charge in [0.05, 0.1) is 13.2 Å². The summed E-state index contributed by atoms with van der Waals surface area (Å²) >= 11 is 6.09. The second kappa shape index (κ2) is 8.84. The van der Waals surface area contributed by atoms with E-state index in [4.69, 9.17) is 16.3 Å². The van der Waals surface area contributed by atoms with Crippen molar-refractivity contribution in [3.05, 3.63) is 70.3 Å². The molecule has 1 heterocycles. The van der Waals surface area contributed by atoms with Crippen LogP contribution in [0.3, 0.4) is 0 Å². The van der Waals surface area contributed by atoms with E-state index in [2.05, 4.69) is 5.32 Å². The Balaban J connectivity index is 1.64. The number of morpholine rings is 1. The number of carbonyl (C=O) groups is 2. The molecule has 0 saturated carbocycles. The number of carbonyl (C=O) groups excluding carboxylic acids is 2. The molecule has 0 aromatic heterocycles. The monoisotopic (exact) mass is 384 g/mol. The maximum Gasteiger partial charge on any atom is 0.254 e. The van der Waals surface area contributed by atoms with Crippen molar-refractivity contribution in [3.8, 4) is 0 Å². The number of hydrogen-bond acceptors (Lipinski definition) is 3. The van der Waals surface area contributed by atoms with Gasteiger partial charge in [0.1, 0.15) is 0 Å². The second-order valence-electron chi connectivity index (χ2n) is 6.32. The average Bonchev–Trinajstić information content (AvgIpc) is 2.69. The van der Waals surface area contributed by atoms with Crippen molar-refractivity contribution in [1.29, 1.82) is 0 Å². The number of benzene rings is 2. The van der Waals surface area contributed by atoms with Gasteiger partial charge in [-0.15, -0.1) is 0 Å². The molecular formula is C21H21ClN2O3. The van der Waals surface area contributed by atoms with Crippen molar-refractivity contribution in [2.24, 2.45) is 0 Å². The highest BCUT2D eigenvalue weighted by Crippen LogP contribution is 2.18. The Hall–Kier alpha value is -2.63. The van der Waals surface area contributed by atoms with E-state index in [0.29, 0.717) is 42.6 Å². The highest BCUT2D eigenvalue weighted by atomic mass is 35.5. The number of rotatable bonds is 4. The maximum atomic E-state index is 12.5. The Morgan fingerprint density at radius 1 is 1.15 bits per heavy atom. The lowest BCUT2D eigenvalue weighted by molar-refractivity contribution is -0.111. The molecule has 2 aromatic rings. The second-order valence-corrected chi connectivity index (χ2v) is 6.72. The normalized spacial score (nSPS) is 14.4. The van der Waals surface area contributed by atoms with Gasteiger partial charge in [-0.05, 0) is 48.4 Å². The SMILES string of the molecule is Cc1ccc(/C=C/C(=O)Nc2cccc(C(=O)N3CCOCC3)c2)cc1Cl. The Labute approximate surface area is 163 Å². The van der Waals surface area contributed by atoms with Crippen LogP contribution in [0.5, 0.6) is 0 Å². The molecule has 2 amide bonds. The number of hydrogen-bond donors (Lipinski definition) is 1. The van der Waals surface area contributed by atoms with Gasteiger partial charge in [-0.25, -0.2) is 0 Å². The summed E-state index contributed by atoms with van der Waals surface area (Å²) in [6, 6.07) is 12.6. The van der Waals surface area contributed by atoms with Gasteiger partial charge in [0.25, 0.3) is 5.91 Å². The third kappa shape index (κ3) is 5.18. The molecule has 1 aliphatic heterocycles. The van der Waals surface area contributed by atoms with E-state index in [1.165, 1.54) is 6.08 Å². The first kappa shape index (κ1) is 19.1. The van der Waals surface area contributed by atoms with Gasteiger partial charge >= 0.3 is 0 Å². The summed E-state index contributed by atoms with van der Waals surface area (Å²) in [4.78, 5) is 26.5. The van der Waals surface area contributed by atoms with Crippen LogP contribution in [0, 0.1) is 6.92 Å². The minimum Gasteiger partial charge on any atom is -0.378 e. The molecule has 27 heavy (non-hydrogen) atoms. The predicted octanol–water partition coefficient (Wildman–Crippen LogP) is 3.77. The number of nitrogens with one attached hydrogen (secondary N) is 1. The molecule has 0 unspecified atom stereocenters. The fraction of sp³-hybridized carbons (Fsp3) is 0.238. The Morgan fingerprint density at radius 2 is 1.93 bits per heavy atom. The highest BCUT2D eigenvalue weighted by Gasteiger charge is 2.18. The van der Waals surface area contributed by atoms with Crippen LogP contribution in [0.4, 0.5) is 5.69 Å². The highest BCUT2D eigenvalue weighted by molar-refractivity contribution is 6.31. The molecule has 2 aromatic carbocycles. The Bertz CT molecular complexity index is 873. The molecule has 0 aliphatic carbocycles. The number of amides is 2. The molecule has 1 N–H and O–H groups in total. The van der Waals surface area contributed by atoms with Gasteiger partial charge in [0, 0.05) is 35.4 Å². The fourth-order valence-electron chi connectivity index (χ4n) is 2.75. The molecule has 1 saturated heterocycles. The molecule has 140 valence electrons. The molecule has 5 nitrogen and oxygen atoms in total. The Kier molecular flexibility index (Phi) is 6.27. The number of halogens is 1. The van der Waals surface area contributed by atoms with Crippen molar-refractivity contribution in [1.82, 2.24) is 4.90 Å². The van der Waals surface area contributed by atoms with Crippen LogP contribution < -0.4 is 5.32 Å². The van der Waals surface area contributed by atoms with Crippen LogP contribution in [0.25, 0.3) is 6.08 Å². The first-order valence-corrected chi connectivity index (χ1v) is 9.13. The van der Waals surface area contributed by atoms with E-state index in [9.17, 15) is 9.59 Å². The lowest BCUT2D eigenvalue weighted by atomic mass is 10.1. The topological polar surface area (TPSA) is 58.6 Å². The van der Waals surface area contributed by atoms with Crippen molar-refractivity contribution in [2.75, 3.05) is 31.6 Å². The zero-order valence-corrected chi connectivity index (χ0v) is 15.8. The summed E-state index contributed by atoms with van der Waals surface area (Å²) < 4.78 is 5.27. The fourth-order valence-corrected chi connectivity index (χ4v) is 2.94. The summed E-state index contributed by atoms with van der Waals surface area (Å²) in [5, 5.41) is 3.44. The van der Waals surface area contributed by atoms with Crippen LogP contribution in [-0.4, -0.2) is 43.0 Å². The quantitative estimate of drug-likeness (QED) is 0.816. The zero-order valence-electron chi connectivity index (χ0n) is 15.1. The Morgan fingerprint density at radius 3 is 2.67 bits per heavy atom. The van der Waals surface area contributed by atoms with E-state index >= 15 is 0 Å². The number of anilines is 1. The van der Waals surface area contributed by atoms with Crippen LogP contribution >= 0.6 is 11.6 Å². The van der Waals surface area contributed by atoms with Gasteiger partial charge in [-0.3, -0.25) is 9.59 Å². The van der Waals surface area contributed by atoms with Crippen molar-refractivity contribution >= 4 is 35.2 Å². The number of aryl methyl sites for hydroxylation is 1. The number of nitrogens with zero attached hydrogens (tertiary/aromatic N) is 1. The van der Waals surface area contributed by atoms with E-state index in [1.807, 2.05) is 25.1 Å². The van der Waals surface area contributed by atoms with Gasteiger partial charge in [0.2, 0.25) is 5.91 Å². The predicted molar refractivity (Wildman–Crippen MR) is 107 cm³/mol. The van der Waals surface area contributed by atoms with E-state index in [1.54, 1.807) is 35.2 Å². The van der Waals surface area contributed by atoms with Crippen molar-refractivity contribution < 1.29 is 14.3 Å². The summed E-state index contributed by atoms with van der Waals surface area (Å²) in [7, 11) is 0. The smallest absolute Gasteiger partial charge is 0.254 e. The van der Waals surface area contributed by atoms with Crippen LogP contribution in [0.2, 0.25) is 5.02 Å². The molecule has 1 fully saturated rings. The molecule has 3 rings (SSSR count). The zero-order chi connectivity index (χ0) is 19.2. The first-order valence-electron chi connectivity index (χ1n) is 8.75. The van der Waals surface area contributed by atoms with Gasteiger partial charge in [-0.1, -0.05) is 29.8 Å². The van der Waals surface area contributed by atoms with E-state index < -0.39 is 0 Å². The molecule has 0 atom stereocenters. The summed E-state index contributed by atoms with van der Waals surface area (Å²) in [6.45, 7) is 4.19. The van der Waals surface area contributed by atoms with Gasteiger partial charge in [0.15, 0.2) is 0 Å². The average molecular weight is 385 g/mol. The lowest BCUT2D eigenvalue weighted by Crippen LogP contribution is -2.40. The molecule has 0 spiro atoms. The minimum absolute atomic E-state index is 0.0563. The molecule has 1 aliphatic rings. The molecule has 0 bridgehead atoms. The first-order chi connectivity index (χ1) is 13.0. The van der Waals surface area contributed by atoms with Gasteiger partial charge < -0.3 is 15.0 Å². The van der Waals surface area contributed by atoms with Gasteiger partial charge in [-0.2, -0.15) is 0 Å². The third-order valence-electron chi connectivity index (χ3n) is 4.30. The minimum atomic E-state index is -0.275. The summed E-state index contributed by atoms with van der Waals surface area (Å²) in [5.41, 5.74) is 2.95. The molecular weight excluding hydrogens is 364 g/mol. The van der Waals surface area contributed by atoms with Crippen molar-refractivity contribution in [3.63, 3.8) is 0 Å². The van der Waals surface area contributed by atoms with E-state index in [-0.39, 0.29) is 11.8 Å². The lowest BCUT2D eigenvalue weighted by Gasteiger charge is -2.27. The van der Waals surface area contributed by atoms with E-state index in [0.717, 1.165) is 11.1 Å². The molecule has 0 radical (unpaired) electrons. The van der Waals surface area contributed by atoms with Crippen molar-refractivity contribution in [2.45, 2.75) is 6.92 Å². The third-order valence-corrected chi connectivity index (χ3v) is 4.71. The summed E-state index contributed by atoms with van der Waals surface area (Å²) in [6.07, 6.45) is 3.14. The van der Waals surface area contributed by atoms with Crippen LogP contribution in [0.15, 0.2) is 48.5 Å².